The van der Waals surface area contributed by atoms with Gasteiger partial charge < -0.3 is 14.5 Å². The summed E-state index contributed by atoms with van der Waals surface area (Å²) in [5.74, 6) is 1.49. The Bertz CT molecular complexity index is 1340. The average molecular weight is 485 g/mol. The fraction of sp³-hybridized carbons (Fsp3) is 0.0833. The van der Waals surface area contributed by atoms with E-state index in [1.807, 2.05) is 30.3 Å². The van der Waals surface area contributed by atoms with E-state index in [9.17, 15) is 5.26 Å². The van der Waals surface area contributed by atoms with E-state index in [-0.39, 0.29) is 6.61 Å². The Kier molecular flexibility index (Phi) is 6.57. The van der Waals surface area contributed by atoms with E-state index in [4.69, 9.17) is 44.3 Å². The molecule has 0 unspecified atom stereocenters. The van der Waals surface area contributed by atoms with Gasteiger partial charge in [-0.05, 0) is 48.0 Å². The van der Waals surface area contributed by atoms with Gasteiger partial charge in [0.2, 0.25) is 0 Å². The maximum atomic E-state index is 9.66. The first-order valence-electron chi connectivity index (χ1n) is 9.50. The number of ether oxygens (including phenoxy) is 2. The van der Waals surface area contributed by atoms with Gasteiger partial charge in [-0.2, -0.15) is 5.26 Å². The molecule has 0 saturated carbocycles. The highest BCUT2D eigenvalue weighted by molar-refractivity contribution is 6.44. The van der Waals surface area contributed by atoms with Crippen molar-refractivity contribution in [2.24, 2.45) is 0 Å². The lowest BCUT2D eigenvalue weighted by atomic mass is 10.1. The Morgan fingerprint density at radius 2 is 1.84 bits per heavy atom. The molecule has 0 amide bonds. The topological polar surface area (TPSA) is 70.9 Å². The molecule has 0 spiro atoms. The van der Waals surface area contributed by atoms with Gasteiger partial charge in [-0.25, -0.2) is 4.98 Å². The summed E-state index contributed by atoms with van der Waals surface area (Å²) in [6.07, 6.45) is 1.73. The van der Waals surface area contributed by atoms with Crippen molar-refractivity contribution in [3.63, 3.8) is 0 Å². The van der Waals surface area contributed by atoms with Gasteiger partial charge in [-0.15, -0.1) is 0 Å². The molecule has 4 aromatic rings. The predicted molar refractivity (Wildman–Crippen MR) is 128 cm³/mol. The largest absolute Gasteiger partial charge is 0.493 e. The number of benzene rings is 3. The number of hydrogen-bond donors (Lipinski definition) is 1. The molecule has 0 saturated heterocycles. The van der Waals surface area contributed by atoms with Crippen LogP contribution < -0.4 is 9.47 Å². The molecule has 0 atom stereocenters. The molecule has 1 aromatic heterocycles. The van der Waals surface area contributed by atoms with Gasteiger partial charge in [0.05, 0.1) is 33.8 Å². The number of imidazole rings is 1. The summed E-state index contributed by atoms with van der Waals surface area (Å²) in [5.41, 5.74) is 3.40. The normalized spacial score (nSPS) is 11.4. The number of allylic oxidation sites excluding steroid dienone is 1. The van der Waals surface area contributed by atoms with Gasteiger partial charge in [-0.1, -0.05) is 53.0 Å². The molecule has 0 aliphatic carbocycles. The fourth-order valence-corrected chi connectivity index (χ4v) is 3.80. The Hall–Kier alpha value is -3.17. The summed E-state index contributed by atoms with van der Waals surface area (Å²) < 4.78 is 11.4. The minimum atomic E-state index is 0.117. The lowest BCUT2D eigenvalue weighted by molar-refractivity contribution is 0.284. The van der Waals surface area contributed by atoms with E-state index in [0.29, 0.717) is 43.5 Å². The van der Waals surface area contributed by atoms with Crippen LogP contribution in [0.3, 0.4) is 0 Å². The number of nitrogens with one attached hydrogen (secondary N) is 1. The average Bonchev–Trinajstić information content (AvgIpc) is 3.24. The monoisotopic (exact) mass is 483 g/mol. The van der Waals surface area contributed by atoms with Gasteiger partial charge in [0.25, 0.3) is 0 Å². The molecule has 0 bridgehead atoms. The van der Waals surface area contributed by atoms with E-state index in [2.05, 4.69) is 16.0 Å². The van der Waals surface area contributed by atoms with E-state index < -0.39 is 0 Å². The van der Waals surface area contributed by atoms with Crippen molar-refractivity contribution in [3.05, 3.63) is 86.6 Å². The first kappa shape index (κ1) is 22.0. The lowest BCUT2D eigenvalue weighted by Crippen LogP contribution is -2.00. The van der Waals surface area contributed by atoms with Crippen molar-refractivity contribution in [2.75, 3.05) is 7.11 Å². The van der Waals surface area contributed by atoms with Crippen molar-refractivity contribution in [3.8, 4) is 17.6 Å². The van der Waals surface area contributed by atoms with Gasteiger partial charge in [0.1, 0.15) is 18.5 Å². The molecule has 5 nitrogen and oxygen atoms in total. The highest BCUT2D eigenvalue weighted by Gasteiger charge is 2.13. The standard InChI is InChI=1S/C24H16Cl3N3O2/c1-31-22-11-14(10-15(12-28)24-29-19-4-2-3-5-20(19)30-24)6-9-21(22)32-13-16-17(25)7-8-18(26)23(16)27/h2-11H,13H2,1H3,(H,29,30). The summed E-state index contributed by atoms with van der Waals surface area (Å²) >= 11 is 18.5. The van der Waals surface area contributed by atoms with Crippen LogP contribution in [-0.4, -0.2) is 17.1 Å². The van der Waals surface area contributed by atoms with Gasteiger partial charge in [0.15, 0.2) is 11.5 Å². The number of H-pyrrole nitrogens is 1. The van der Waals surface area contributed by atoms with Crippen molar-refractivity contribution in [1.29, 1.82) is 5.26 Å². The molecule has 0 aliphatic rings. The predicted octanol–water partition coefficient (Wildman–Crippen LogP) is 7.17. The van der Waals surface area contributed by atoms with Crippen LogP contribution in [0, 0.1) is 11.3 Å². The summed E-state index contributed by atoms with van der Waals surface area (Å²) in [7, 11) is 1.54. The second kappa shape index (κ2) is 9.54. The zero-order valence-corrected chi connectivity index (χ0v) is 19.1. The molecule has 0 radical (unpaired) electrons. The quantitative estimate of drug-likeness (QED) is 0.232. The maximum Gasteiger partial charge on any atom is 0.161 e. The van der Waals surface area contributed by atoms with E-state index in [0.717, 1.165) is 16.6 Å². The van der Waals surface area contributed by atoms with Crippen LogP contribution in [0.4, 0.5) is 0 Å². The molecule has 160 valence electrons. The molecular weight excluding hydrogens is 469 g/mol. The third kappa shape index (κ3) is 4.53. The van der Waals surface area contributed by atoms with Crippen LogP contribution in [0.2, 0.25) is 15.1 Å². The summed E-state index contributed by atoms with van der Waals surface area (Å²) in [6, 6.07) is 18.5. The van der Waals surface area contributed by atoms with Crippen LogP contribution >= 0.6 is 34.8 Å². The molecule has 8 heteroatoms. The van der Waals surface area contributed by atoms with E-state index >= 15 is 0 Å². The van der Waals surface area contributed by atoms with Crippen molar-refractivity contribution < 1.29 is 9.47 Å². The van der Waals surface area contributed by atoms with E-state index in [1.54, 1.807) is 37.5 Å². The minimum absolute atomic E-state index is 0.117. The number of rotatable bonds is 6. The van der Waals surface area contributed by atoms with Gasteiger partial charge >= 0.3 is 0 Å². The number of hydrogen-bond acceptors (Lipinski definition) is 4. The Morgan fingerprint density at radius 3 is 2.59 bits per heavy atom. The van der Waals surface area contributed by atoms with Crippen molar-refractivity contribution in [2.45, 2.75) is 6.61 Å². The number of fused-ring (bicyclic) bond motifs is 1. The zero-order valence-electron chi connectivity index (χ0n) is 16.8. The van der Waals surface area contributed by atoms with Crippen LogP contribution in [-0.2, 0) is 6.61 Å². The van der Waals surface area contributed by atoms with Gasteiger partial charge in [0, 0.05) is 10.6 Å². The molecule has 1 heterocycles. The number of aromatic nitrogens is 2. The maximum absolute atomic E-state index is 9.66. The number of aromatic amines is 1. The smallest absolute Gasteiger partial charge is 0.161 e. The fourth-order valence-electron chi connectivity index (χ4n) is 3.15. The molecule has 3 aromatic carbocycles. The van der Waals surface area contributed by atoms with Crippen molar-refractivity contribution in [1.82, 2.24) is 9.97 Å². The summed E-state index contributed by atoms with van der Waals surface area (Å²) in [4.78, 5) is 7.66. The number of nitrogens with zero attached hydrogens (tertiary/aromatic N) is 2. The molecule has 4 rings (SSSR count). The van der Waals surface area contributed by atoms with Crippen molar-refractivity contribution >= 4 is 57.5 Å². The third-order valence-corrected chi connectivity index (χ3v) is 5.97. The molecule has 0 aliphatic heterocycles. The number of para-hydroxylation sites is 2. The molecule has 1 N–H and O–H groups in total. The minimum Gasteiger partial charge on any atom is -0.493 e. The summed E-state index contributed by atoms with van der Waals surface area (Å²) in [6.45, 7) is 0.117. The van der Waals surface area contributed by atoms with Gasteiger partial charge in [-0.3, -0.25) is 0 Å². The number of methoxy groups -OCH3 is 1. The Balaban J connectivity index is 1.60. The molecule has 0 fully saturated rings. The number of nitriles is 1. The molecular formula is C24H16Cl3N3O2. The zero-order chi connectivity index (χ0) is 22.7. The second-order valence-corrected chi connectivity index (χ2v) is 7.99. The number of halogens is 3. The third-order valence-electron chi connectivity index (χ3n) is 4.77. The lowest BCUT2D eigenvalue weighted by Gasteiger charge is -2.13. The Labute approximate surface area is 199 Å². The first-order valence-corrected chi connectivity index (χ1v) is 10.6. The molecule has 32 heavy (non-hydrogen) atoms. The van der Waals surface area contributed by atoms with E-state index in [1.165, 1.54) is 0 Å². The SMILES string of the molecule is COc1cc(C=C(C#N)c2nc3ccccc3[nH]2)ccc1OCc1c(Cl)ccc(Cl)c1Cl. The van der Waals surface area contributed by atoms with Crippen LogP contribution in [0.25, 0.3) is 22.7 Å². The second-order valence-electron chi connectivity index (χ2n) is 6.79. The highest BCUT2D eigenvalue weighted by atomic mass is 35.5. The van der Waals surface area contributed by atoms with Crippen LogP contribution in [0.15, 0.2) is 54.6 Å². The van der Waals surface area contributed by atoms with Crippen LogP contribution in [0.1, 0.15) is 17.0 Å². The van der Waals surface area contributed by atoms with Crippen LogP contribution in [0.5, 0.6) is 11.5 Å². The highest BCUT2D eigenvalue weighted by Crippen LogP contribution is 2.35. The first-order chi connectivity index (χ1) is 15.5. The Morgan fingerprint density at radius 1 is 1.06 bits per heavy atom. The summed E-state index contributed by atoms with van der Waals surface area (Å²) in [5, 5.41) is 10.9.